The van der Waals surface area contributed by atoms with Crippen molar-refractivity contribution in [1.29, 1.82) is 0 Å². The van der Waals surface area contributed by atoms with E-state index < -0.39 is 18.0 Å². The van der Waals surface area contributed by atoms with E-state index in [9.17, 15) is 27.6 Å². The lowest BCUT2D eigenvalue weighted by molar-refractivity contribution is -0.274. The number of hydrogen-bond acceptors (Lipinski definition) is 10. The Morgan fingerprint density at radius 1 is 1.04 bits per heavy atom. The number of nitrogens with one attached hydrogen (secondary N) is 1. The second-order valence-corrected chi connectivity index (χ2v) is 12.3. The number of anilines is 2. The highest BCUT2D eigenvalue weighted by molar-refractivity contribution is 7.15. The smallest absolute Gasteiger partial charge is 0.444 e. The summed E-state index contributed by atoms with van der Waals surface area (Å²) in [5.41, 5.74) is 1.98. The van der Waals surface area contributed by atoms with Crippen molar-refractivity contribution in [2.24, 2.45) is 5.92 Å². The summed E-state index contributed by atoms with van der Waals surface area (Å²) >= 11 is 1.28. The first-order valence-electron chi connectivity index (χ1n) is 15.6. The number of alkyl halides is 3. The van der Waals surface area contributed by atoms with Crippen LogP contribution in [0.25, 0.3) is 0 Å². The van der Waals surface area contributed by atoms with Gasteiger partial charge in [-0.2, -0.15) is 5.10 Å². The highest BCUT2D eigenvalue weighted by Gasteiger charge is 2.31. The van der Waals surface area contributed by atoms with Gasteiger partial charge in [-0.05, 0) is 73.4 Å². The molecular formula is C33H37F3N6O5S. The fourth-order valence-electron chi connectivity index (χ4n) is 4.78. The van der Waals surface area contributed by atoms with Gasteiger partial charge in [0.15, 0.2) is 12.5 Å². The van der Waals surface area contributed by atoms with Gasteiger partial charge in [-0.1, -0.05) is 55.5 Å². The quantitative estimate of drug-likeness (QED) is 0.101. The minimum atomic E-state index is -4.82. The highest BCUT2D eigenvalue weighted by Crippen LogP contribution is 2.26. The molecule has 0 aliphatic heterocycles. The molecule has 48 heavy (non-hydrogen) atoms. The second-order valence-electron chi connectivity index (χ2n) is 11.3. The van der Waals surface area contributed by atoms with Crippen molar-refractivity contribution in [3.8, 4) is 5.75 Å². The number of halogens is 3. The molecule has 1 aromatic carbocycles. The number of nitrogens with zero attached hydrogens (tertiary/aromatic N) is 5. The van der Waals surface area contributed by atoms with Crippen molar-refractivity contribution >= 4 is 40.1 Å². The van der Waals surface area contributed by atoms with Crippen molar-refractivity contribution in [2.45, 2.75) is 78.0 Å². The Bertz CT molecular complexity index is 1610. The van der Waals surface area contributed by atoms with E-state index in [1.807, 2.05) is 19.1 Å². The first-order valence-corrected chi connectivity index (χ1v) is 16.4. The maximum absolute atomic E-state index is 13.3. The number of rotatable bonds is 16. The molecule has 0 radical (unpaired) electrons. The van der Waals surface area contributed by atoms with E-state index in [0.717, 1.165) is 42.0 Å². The minimum absolute atomic E-state index is 0.166. The second kappa shape index (κ2) is 17.5. The van der Waals surface area contributed by atoms with E-state index in [-0.39, 0.29) is 43.7 Å². The zero-order valence-electron chi connectivity index (χ0n) is 26.7. The van der Waals surface area contributed by atoms with Crippen LogP contribution in [0.4, 0.5) is 24.1 Å². The van der Waals surface area contributed by atoms with Crippen molar-refractivity contribution in [1.82, 2.24) is 20.4 Å². The lowest BCUT2D eigenvalue weighted by atomic mass is 9.96. The van der Waals surface area contributed by atoms with Gasteiger partial charge in [0.25, 0.3) is 0 Å². The molecule has 0 spiro atoms. The summed E-state index contributed by atoms with van der Waals surface area (Å²) in [6, 6.07) is 8.56. The van der Waals surface area contributed by atoms with Gasteiger partial charge in [-0.25, -0.2) is 0 Å². The molecular weight excluding hydrogens is 649 g/mol. The molecule has 3 aromatic rings. The molecule has 1 aliphatic rings. The van der Waals surface area contributed by atoms with Crippen LogP contribution in [-0.4, -0.2) is 51.3 Å². The summed E-state index contributed by atoms with van der Waals surface area (Å²) in [4.78, 5) is 39.0. The Labute approximate surface area is 280 Å². The lowest BCUT2D eigenvalue weighted by Crippen LogP contribution is -2.34. The predicted octanol–water partition coefficient (Wildman–Crippen LogP) is 6.52. The maximum atomic E-state index is 13.3. The predicted molar refractivity (Wildman–Crippen MR) is 173 cm³/mol. The lowest BCUT2D eigenvalue weighted by Gasteiger charge is -2.20. The largest absolute Gasteiger partial charge is 0.573 e. The highest BCUT2D eigenvalue weighted by atomic mass is 32.1. The first-order chi connectivity index (χ1) is 23.0. The van der Waals surface area contributed by atoms with Crippen LogP contribution in [0, 0.1) is 5.92 Å². The third-order valence-electron chi connectivity index (χ3n) is 7.05. The fraction of sp³-hybridized carbons (Fsp3) is 0.424. The molecule has 0 saturated heterocycles. The van der Waals surface area contributed by atoms with Gasteiger partial charge >= 0.3 is 12.3 Å². The molecule has 15 heteroatoms. The van der Waals surface area contributed by atoms with Crippen LogP contribution in [0.3, 0.4) is 0 Å². The Balaban J connectivity index is 1.24. The summed E-state index contributed by atoms with van der Waals surface area (Å²) in [7, 11) is 0. The zero-order valence-corrected chi connectivity index (χ0v) is 27.5. The van der Waals surface area contributed by atoms with Crippen molar-refractivity contribution < 1.29 is 37.0 Å². The number of amides is 2. The molecule has 2 aromatic heterocycles. The third-order valence-corrected chi connectivity index (χ3v) is 8.05. The van der Waals surface area contributed by atoms with Gasteiger partial charge in [0.05, 0.1) is 18.5 Å². The minimum Gasteiger partial charge on any atom is -0.444 e. The van der Waals surface area contributed by atoms with Crippen molar-refractivity contribution in [2.75, 3.05) is 16.9 Å². The Hall–Kier alpha value is -4.66. The molecule has 0 fully saturated rings. The normalized spacial score (nSPS) is 14.3. The summed E-state index contributed by atoms with van der Waals surface area (Å²) < 4.78 is 46.7. The van der Waals surface area contributed by atoms with E-state index in [4.69, 9.17) is 4.74 Å². The van der Waals surface area contributed by atoms with E-state index in [1.54, 1.807) is 12.1 Å². The fourth-order valence-corrected chi connectivity index (χ4v) is 5.66. The SMILES string of the molecule is CCCC(=O)OCN(C(=O)CC1=CC(C)CC=C1)c1nnc(CCCCc2ccc(NC(=O)Cc3cccc(OC(F)(F)F)c3)nn2)s1. The van der Waals surface area contributed by atoms with Gasteiger partial charge in [0.2, 0.25) is 16.9 Å². The molecule has 256 valence electrons. The molecule has 2 heterocycles. The molecule has 1 aliphatic carbocycles. The molecule has 1 N–H and O–H groups in total. The van der Waals surface area contributed by atoms with Gasteiger partial charge in [-0.15, -0.1) is 28.5 Å². The van der Waals surface area contributed by atoms with Gasteiger partial charge in [0.1, 0.15) is 10.8 Å². The maximum Gasteiger partial charge on any atom is 0.573 e. The molecule has 11 nitrogen and oxygen atoms in total. The van der Waals surface area contributed by atoms with E-state index >= 15 is 0 Å². The number of ether oxygens (including phenoxy) is 2. The number of allylic oxidation sites excluding steroid dienone is 3. The first kappa shape index (κ1) is 36.2. The average Bonchev–Trinajstić information content (AvgIpc) is 3.48. The number of esters is 1. The number of aryl methyl sites for hydroxylation is 2. The van der Waals surface area contributed by atoms with E-state index in [1.165, 1.54) is 28.4 Å². The molecule has 0 bridgehead atoms. The number of carbonyl (C=O) groups excluding carboxylic acids is 3. The standard InChI is InChI=1S/C33H37F3N6O5S/c1-3-8-31(45)46-21-42(30(44)20-23-10-6-9-22(2)17-23)32-41-40-29(48-32)14-5-4-12-25-15-16-27(39-38-25)37-28(43)19-24-11-7-13-26(18-24)47-33(34,35)36/h6-7,10-11,13,15-18,22H,3-5,8-9,12,14,19-21H2,1-2H3,(H,37,39,43). The van der Waals surface area contributed by atoms with E-state index in [2.05, 4.69) is 43.4 Å². The van der Waals surface area contributed by atoms with E-state index in [0.29, 0.717) is 41.6 Å². The molecule has 0 saturated carbocycles. The summed E-state index contributed by atoms with van der Waals surface area (Å²) in [6.07, 6.45) is 5.85. The molecule has 4 rings (SSSR count). The zero-order chi connectivity index (χ0) is 34.5. The number of carbonyl (C=O) groups is 3. The molecule has 1 unspecified atom stereocenters. The van der Waals surface area contributed by atoms with Crippen LogP contribution in [-0.2, 0) is 38.4 Å². The topological polar surface area (TPSA) is 136 Å². The van der Waals surface area contributed by atoms with Crippen LogP contribution in [0.2, 0.25) is 0 Å². The molecule has 2 amide bonds. The van der Waals surface area contributed by atoms with Crippen LogP contribution in [0.5, 0.6) is 5.75 Å². The van der Waals surface area contributed by atoms with Crippen LogP contribution in [0.15, 0.2) is 60.2 Å². The molecule has 1 atom stereocenters. The van der Waals surface area contributed by atoms with Gasteiger partial charge < -0.3 is 14.8 Å². The Morgan fingerprint density at radius 3 is 2.58 bits per heavy atom. The monoisotopic (exact) mass is 686 g/mol. The number of hydrogen-bond donors (Lipinski definition) is 1. The van der Waals surface area contributed by atoms with Crippen LogP contribution >= 0.6 is 11.3 Å². The van der Waals surface area contributed by atoms with Crippen LogP contribution < -0.4 is 15.0 Å². The summed E-state index contributed by atoms with van der Waals surface area (Å²) in [5, 5.41) is 20.4. The number of unbranched alkanes of at least 4 members (excludes halogenated alkanes) is 1. The van der Waals surface area contributed by atoms with Crippen LogP contribution in [0.1, 0.15) is 68.6 Å². The number of aromatic nitrogens is 4. The number of benzene rings is 1. The summed E-state index contributed by atoms with van der Waals surface area (Å²) in [6.45, 7) is 3.74. The Kier molecular flexibility index (Phi) is 13.2. The Morgan fingerprint density at radius 2 is 1.85 bits per heavy atom. The van der Waals surface area contributed by atoms with Crippen molar-refractivity contribution in [3.63, 3.8) is 0 Å². The third kappa shape index (κ3) is 12.2. The van der Waals surface area contributed by atoms with Crippen molar-refractivity contribution in [3.05, 3.63) is 76.5 Å². The van der Waals surface area contributed by atoms with Gasteiger partial charge in [-0.3, -0.25) is 19.3 Å². The van der Waals surface area contributed by atoms with Gasteiger partial charge in [0, 0.05) is 12.8 Å². The summed E-state index contributed by atoms with van der Waals surface area (Å²) in [5.74, 6) is -0.905. The average molecular weight is 687 g/mol.